The van der Waals surface area contributed by atoms with Gasteiger partial charge < -0.3 is 10.1 Å². The lowest BCUT2D eigenvalue weighted by molar-refractivity contribution is -0.112. The largest absolute Gasteiger partial charge is 0.385 e. The van der Waals surface area contributed by atoms with Crippen molar-refractivity contribution in [1.82, 2.24) is 9.97 Å². The zero-order chi connectivity index (χ0) is 18.0. The third-order valence-corrected chi connectivity index (χ3v) is 4.59. The molecule has 3 rings (SSSR count). The Balaban J connectivity index is 1.99. The number of benzene rings is 1. The van der Waals surface area contributed by atoms with E-state index in [1.807, 2.05) is 50.5 Å². The van der Waals surface area contributed by atoms with Crippen LogP contribution in [-0.2, 0) is 10.4 Å². The smallest absolute Gasteiger partial charge is 0.152 e. The van der Waals surface area contributed by atoms with Crippen molar-refractivity contribution >= 4 is 22.9 Å². The fourth-order valence-electron chi connectivity index (χ4n) is 2.75. The molecule has 4 heteroatoms. The maximum atomic E-state index is 11.2. The third kappa shape index (κ3) is 3.54. The number of allylic oxidation sites excluding steroid dienone is 1. The SMILES string of the molecule is CCC(C)(O)c1ccc(-c2cnc3[nH]cc(/C=C/C(C)=O)c3c2)cc1. The van der Waals surface area contributed by atoms with E-state index in [2.05, 4.69) is 16.0 Å². The summed E-state index contributed by atoms with van der Waals surface area (Å²) in [6.07, 6.45) is 7.69. The van der Waals surface area contributed by atoms with Gasteiger partial charge in [-0.1, -0.05) is 31.2 Å². The number of aromatic amines is 1. The molecule has 2 aromatic heterocycles. The second-order valence-electron chi connectivity index (χ2n) is 6.51. The zero-order valence-corrected chi connectivity index (χ0v) is 14.7. The number of carbonyl (C=O) groups is 1. The summed E-state index contributed by atoms with van der Waals surface area (Å²) in [5.74, 6) is 0.0111. The van der Waals surface area contributed by atoms with Gasteiger partial charge in [-0.15, -0.1) is 0 Å². The van der Waals surface area contributed by atoms with E-state index in [1.54, 1.807) is 12.2 Å². The molecule has 0 saturated heterocycles. The van der Waals surface area contributed by atoms with Crippen LogP contribution in [0.3, 0.4) is 0 Å². The summed E-state index contributed by atoms with van der Waals surface area (Å²) >= 11 is 0. The van der Waals surface area contributed by atoms with Gasteiger partial charge in [-0.3, -0.25) is 4.79 Å². The van der Waals surface area contributed by atoms with Gasteiger partial charge in [-0.05, 0) is 49.6 Å². The van der Waals surface area contributed by atoms with Crippen LogP contribution in [0, 0.1) is 0 Å². The summed E-state index contributed by atoms with van der Waals surface area (Å²) in [6.45, 7) is 5.32. The number of nitrogens with one attached hydrogen (secondary N) is 1. The Bertz CT molecular complexity index is 934. The number of aromatic nitrogens is 2. The molecule has 0 saturated carbocycles. The molecule has 25 heavy (non-hydrogen) atoms. The van der Waals surface area contributed by atoms with Gasteiger partial charge in [-0.2, -0.15) is 0 Å². The molecule has 0 amide bonds. The highest BCUT2D eigenvalue weighted by molar-refractivity contribution is 5.96. The fourth-order valence-corrected chi connectivity index (χ4v) is 2.75. The van der Waals surface area contributed by atoms with Gasteiger partial charge in [-0.25, -0.2) is 4.98 Å². The summed E-state index contributed by atoms with van der Waals surface area (Å²) in [4.78, 5) is 18.8. The summed E-state index contributed by atoms with van der Waals surface area (Å²) in [5, 5.41) is 11.3. The van der Waals surface area contributed by atoms with Gasteiger partial charge in [0.1, 0.15) is 5.65 Å². The van der Waals surface area contributed by atoms with Crippen LogP contribution < -0.4 is 0 Å². The van der Waals surface area contributed by atoms with Crippen LogP contribution in [0.5, 0.6) is 0 Å². The Hall–Kier alpha value is -2.72. The van der Waals surface area contributed by atoms with E-state index in [0.717, 1.165) is 33.3 Å². The minimum absolute atomic E-state index is 0.0111. The lowest BCUT2D eigenvalue weighted by Crippen LogP contribution is -2.19. The number of pyridine rings is 1. The summed E-state index contributed by atoms with van der Waals surface area (Å²) < 4.78 is 0. The van der Waals surface area contributed by atoms with E-state index < -0.39 is 5.60 Å². The van der Waals surface area contributed by atoms with Crippen molar-refractivity contribution in [3.8, 4) is 11.1 Å². The number of ketones is 1. The van der Waals surface area contributed by atoms with Crippen molar-refractivity contribution in [2.45, 2.75) is 32.8 Å². The number of rotatable bonds is 5. The number of hydrogen-bond donors (Lipinski definition) is 2. The Morgan fingerprint density at radius 2 is 2.00 bits per heavy atom. The number of H-pyrrole nitrogens is 1. The van der Waals surface area contributed by atoms with Crippen molar-refractivity contribution < 1.29 is 9.90 Å². The van der Waals surface area contributed by atoms with E-state index in [9.17, 15) is 9.90 Å². The van der Waals surface area contributed by atoms with Crippen molar-refractivity contribution in [2.75, 3.05) is 0 Å². The summed E-state index contributed by atoms with van der Waals surface area (Å²) in [7, 11) is 0. The van der Waals surface area contributed by atoms with Crippen LogP contribution in [-0.4, -0.2) is 20.9 Å². The standard InChI is InChI=1S/C21H22N2O2/c1-4-21(3,25)18-9-7-15(8-10-18)17-11-19-16(6-5-14(2)24)12-22-20(19)23-13-17/h5-13,25H,4H2,1-3H3,(H,22,23)/b6-5+. The van der Waals surface area contributed by atoms with Crippen molar-refractivity contribution in [1.29, 1.82) is 0 Å². The van der Waals surface area contributed by atoms with E-state index in [0.29, 0.717) is 6.42 Å². The van der Waals surface area contributed by atoms with E-state index in [4.69, 9.17) is 0 Å². The number of hydrogen-bond acceptors (Lipinski definition) is 3. The van der Waals surface area contributed by atoms with Crippen LogP contribution in [0.25, 0.3) is 28.2 Å². The molecule has 0 spiro atoms. The van der Waals surface area contributed by atoms with Crippen molar-refractivity contribution in [3.63, 3.8) is 0 Å². The highest BCUT2D eigenvalue weighted by Gasteiger charge is 2.20. The average molecular weight is 334 g/mol. The number of carbonyl (C=O) groups excluding carboxylic acids is 1. The molecule has 0 fully saturated rings. The highest BCUT2D eigenvalue weighted by Crippen LogP contribution is 2.29. The summed E-state index contributed by atoms with van der Waals surface area (Å²) in [5.41, 5.74) is 3.84. The lowest BCUT2D eigenvalue weighted by atomic mass is 9.92. The maximum Gasteiger partial charge on any atom is 0.152 e. The minimum Gasteiger partial charge on any atom is -0.385 e. The molecule has 4 nitrogen and oxygen atoms in total. The van der Waals surface area contributed by atoms with Gasteiger partial charge >= 0.3 is 0 Å². The third-order valence-electron chi connectivity index (χ3n) is 4.59. The molecule has 1 unspecified atom stereocenters. The van der Waals surface area contributed by atoms with E-state index in [-0.39, 0.29) is 5.78 Å². The van der Waals surface area contributed by atoms with Crippen molar-refractivity contribution in [3.05, 3.63) is 59.9 Å². The van der Waals surface area contributed by atoms with E-state index in [1.165, 1.54) is 6.92 Å². The Kier molecular flexibility index (Phi) is 4.55. The minimum atomic E-state index is -0.813. The van der Waals surface area contributed by atoms with Crippen LogP contribution in [0.2, 0.25) is 0 Å². The Morgan fingerprint density at radius 3 is 2.64 bits per heavy atom. The van der Waals surface area contributed by atoms with E-state index >= 15 is 0 Å². The topological polar surface area (TPSA) is 66.0 Å². The number of aliphatic hydroxyl groups is 1. The molecule has 0 bridgehead atoms. The maximum absolute atomic E-state index is 11.2. The number of nitrogens with zero attached hydrogens (tertiary/aromatic N) is 1. The van der Waals surface area contributed by atoms with Crippen molar-refractivity contribution in [2.24, 2.45) is 0 Å². The van der Waals surface area contributed by atoms with Crippen LogP contribution in [0.1, 0.15) is 38.3 Å². The lowest BCUT2D eigenvalue weighted by Gasteiger charge is -2.22. The van der Waals surface area contributed by atoms with Crippen LogP contribution >= 0.6 is 0 Å². The Labute approximate surface area is 147 Å². The first kappa shape index (κ1) is 17.1. The quantitative estimate of drug-likeness (QED) is 0.678. The molecule has 3 aromatic rings. The first-order chi connectivity index (χ1) is 11.9. The summed E-state index contributed by atoms with van der Waals surface area (Å²) in [6, 6.07) is 9.97. The van der Waals surface area contributed by atoms with Gasteiger partial charge in [0, 0.05) is 28.9 Å². The second kappa shape index (κ2) is 6.65. The molecular formula is C21H22N2O2. The average Bonchev–Trinajstić information content (AvgIpc) is 3.02. The molecule has 2 heterocycles. The fraction of sp³-hybridized carbons (Fsp3) is 0.238. The van der Waals surface area contributed by atoms with Crippen LogP contribution in [0.4, 0.5) is 0 Å². The second-order valence-corrected chi connectivity index (χ2v) is 6.51. The first-order valence-corrected chi connectivity index (χ1v) is 8.40. The molecule has 0 aliphatic carbocycles. The first-order valence-electron chi connectivity index (χ1n) is 8.40. The molecule has 0 radical (unpaired) electrons. The molecule has 0 aliphatic rings. The van der Waals surface area contributed by atoms with Gasteiger partial charge in [0.2, 0.25) is 0 Å². The van der Waals surface area contributed by atoms with Gasteiger partial charge in [0.25, 0.3) is 0 Å². The Morgan fingerprint density at radius 1 is 1.28 bits per heavy atom. The molecule has 1 aromatic carbocycles. The molecule has 1 atom stereocenters. The normalized spacial score (nSPS) is 14.1. The molecule has 2 N–H and O–H groups in total. The molecule has 128 valence electrons. The van der Waals surface area contributed by atoms with Crippen LogP contribution in [0.15, 0.2) is 48.8 Å². The monoisotopic (exact) mass is 334 g/mol. The number of fused-ring (bicyclic) bond motifs is 1. The van der Waals surface area contributed by atoms with Gasteiger partial charge in [0.05, 0.1) is 5.60 Å². The molecule has 0 aliphatic heterocycles. The van der Waals surface area contributed by atoms with Gasteiger partial charge in [0.15, 0.2) is 5.78 Å². The molecular weight excluding hydrogens is 312 g/mol. The predicted octanol–water partition coefficient (Wildman–Crippen LogP) is 4.45. The highest BCUT2D eigenvalue weighted by atomic mass is 16.3. The predicted molar refractivity (Wildman–Crippen MR) is 101 cm³/mol. The zero-order valence-electron chi connectivity index (χ0n) is 14.7.